The first-order chi connectivity index (χ1) is 9.07. The fourth-order valence-electron chi connectivity index (χ4n) is 3.16. The normalized spacial score (nSPS) is 22.7. The van der Waals surface area contributed by atoms with Crippen molar-refractivity contribution in [1.29, 1.82) is 0 Å². The summed E-state index contributed by atoms with van der Waals surface area (Å²) in [6.07, 6.45) is 5.04. The summed E-state index contributed by atoms with van der Waals surface area (Å²) in [5, 5.41) is 0. The molecule has 2 aliphatic rings. The Labute approximate surface area is 113 Å². The molecule has 0 spiro atoms. The number of nitrogens with zero attached hydrogens (tertiary/aromatic N) is 2. The van der Waals surface area contributed by atoms with Crippen LogP contribution in [0.1, 0.15) is 50.0 Å². The van der Waals surface area contributed by atoms with E-state index in [4.69, 9.17) is 10.7 Å². The molecule has 2 saturated carbocycles. The number of hydrogen-bond donors (Lipinski definition) is 1. The van der Waals surface area contributed by atoms with Crippen molar-refractivity contribution in [3.63, 3.8) is 0 Å². The maximum absolute atomic E-state index is 6.63. The van der Waals surface area contributed by atoms with Crippen LogP contribution in [0.15, 0.2) is 18.2 Å². The molecule has 3 heteroatoms. The number of hydrogen-bond acceptors (Lipinski definition) is 2. The number of benzene rings is 1. The number of aromatic nitrogens is 2. The van der Waals surface area contributed by atoms with Crippen LogP contribution in [0.4, 0.5) is 0 Å². The van der Waals surface area contributed by atoms with Gasteiger partial charge in [0.25, 0.3) is 0 Å². The Morgan fingerprint density at radius 3 is 2.63 bits per heavy atom. The Kier molecular flexibility index (Phi) is 2.17. The van der Waals surface area contributed by atoms with Crippen molar-refractivity contribution in [2.24, 2.45) is 11.7 Å². The fourth-order valence-corrected chi connectivity index (χ4v) is 3.16. The maximum Gasteiger partial charge on any atom is 0.130 e. The molecule has 0 saturated heterocycles. The van der Waals surface area contributed by atoms with Gasteiger partial charge in [-0.25, -0.2) is 4.98 Å². The van der Waals surface area contributed by atoms with E-state index in [1.165, 1.54) is 36.8 Å². The van der Waals surface area contributed by atoms with Crippen LogP contribution in [0.2, 0.25) is 0 Å². The van der Waals surface area contributed by atoms with Crippen molar-refractivity contribution >= 4 is 11.0 Å². The molecule has 1 aromatic heterocycles. The van der Waals surface area contributed by atoms with Gasteiger partial charge in [0.15, 0.2) is 0 Å². The van der Waals surface area contributed by atoms with Crippen LogP contribution in [0.25, 0.3) is 11.0 Å². The topological polar surface area (TPSA) is 43.8 Å². The van der Waals surface area contributed by atoms with Gasteiger partial charge in [-0.3, -0.25) is 0 Å². The van der Waals surface area contributed by atoms with E-state index >= 15 is 0 Å². The predicted octanol–water partition coefficient (Wildman–Crippen LogP) is 3.26. The fraction of sp³-hybridized carbons (Fsp3) is 0.562. The van der Waals surface area contributed by atoms with Crippen LogP contribution in [0.3, 0.4) is 0 Å². The molecule has 3 nitrogen and oxygen atoms in total. The van der Waals surface area contributed by atoms with Gasteiger partial charge in [0.2, 0.25) is 0 Å². The minimum absolute atomic E-state index is 0.268. The summed E-state index contributed by atoms with van der Waals surface area (Å²) in [5.74, 6) is 1.72. The van der Waals surface area contributed by atoms with E-state index in [0.29, 0.717) is 12.0 Å². The Balaban J connectivity index is 1.95. The maximum atomic E-state index is 6.63. The third-order valence-electron chi connectivity index (χ3n) is 4.66. The molecule has 19 heavy (non-hydrogen) atoms. The lowest BCUT2D eigenvalue weighted by atomic mass is 9.96. The van der Waals surface area contributed by atoms with Crippen LogP contribution in [-0.2, 0) is 5.54 Å². The number of fused-ring (bicyclic) bond motifs is 1. The zero-order valence-corrected chi connectivity index (χ0v) is 11.7. The van der Waals surface area contributed by atoms with Crippen LogP contribution in [0, 0.1) is 12.8 Å². The van der Waals surface area contributed by atoms with E-state index in [1.807, 2.05) is 0 Å². The van der Waals surface area contributed by atoms with Crippen molar-refractivity contribution in [3.8, 4) is 0 Å². The average molecular weight is 255 g/mol. The standard InChI is InChI=1S/C16H21N3/c1-10-3-8-14-13(9-10)18-15(19(14)12-6-7-12)16(2,17)11-4-5-11/h3,8-9,11-12H,4-7,17H2,1-2H3. The van der Waals surface area contributed by atoms with Crippen LogP contribution in [0.5, 0.6) is 0 Å². The van der Waals surface area contributed by atoms with Crippen molar-refractivity contribution in [2.75, 3.05) is 0 Å². The van der Waals surface area contributed by atoms with Crippen molar-refractivity contribution in [1.82, 2.24) is 9.55 Å². The van der Waals surface area contributed by atoms with Crippen molar-refractivity contribution in [3.05, 3.63) is 29.6 Å². The molecule has 2 aliphatic carbocycles. The minimum Gasteiger partial charge on any atom is -0.323 e. The molecule has 2 N–H and O–H groups in total. The van der Waals surface area contributed by atoms with Gasteiger partial charge in [-0.1, -0.05) is 6.07 Å². The van der Waals surface area contributed by atoms with Gasteiger partial charge in [0, 0.05) is 6.04 Å². The van der Waals surface area contributed by atoms with Gasteiger partial charge in [-0.15, -0.1) is 0 Å². The highest BCUT2D eigenvalue weighted by atomic mass is 15.2. The summed E-state index contributed by atoms with van der Waals surface area (Å²) >= 11 is 0. The Hall–Kier alpha value is -1.35. The molecule has 0 aliphatic heterocycles. The lowest BCUT2D eigenvalue weighted by Gasteiger charge is -2.25. The highest BCUT2D eigenvalue weighted by molar-refractivity contribution is 5.77. The summed E-state index contributed by atoms with van der Waals surface area (Å²) in [4.78, 5) is 4.91. The second-order valence-corrected chi connectivity index (χ2v) is 6.59. The third-order valence-corrected chi connectivity index (χ3v) is 4.66. The Morgan fingerprint density at radius 1 is 1.26 bits per heavy atom. The molecule has 1 unspecified atom stereocenters. The summed E-state index contributed by atoms with van der Waals surface area (Å²) in [6, 6.07) is 7.20. The summed E-state index contributed by atoms with van der Waals surface area (Å²) in [7, 11) is 0. The zero-order valence-electron chi connectivity index (χ0n) is 11.7. The van der Waals surface area contributed by atoms with E-state index in [1.54, 1.807) is 0 Å². The van der Waals surface area contributed by atoms with Crippen LogP contribution >= 0.6 is 0 Å². The molecule has 0 amide bonds. The summed E-state index contributed by atoms with van der Waals surface area (Å²) < 4.78 is 2.42. The lowest BCUT2D eigenvalue weighted by Crippen LogP contribution is -2.38. The zero-order chi connectivity index (χ0) is 13.2. The SMILES string of the molecule is Cc1ccc2c(c1)nc(C(C)(N)C1CC1)n2C1CC1. The number of nitrogens with two attached hydrogens (primary N) is 1. The molecule has 1 heterocycles. The van der Waals surface area contributed by atoms with Crippen LogP contribution in [-0.4, -0.2) is 9.55 Å². The van der Waals surface area contributed by atoms with Gasteiger partial charge < -0.3 is 10.3 Å². The third kappa shape index (κ3) is 1.71. The van der Waals surface area contributed by atoms with Crippen molar-refractivity contribution in [2.45, 2.75) is 51.1 Å². The Bertz CT molecular complexity index is 645. The highest BCUT2D eigenvalue weighted by Gasteiger charge is 2.44. The minimum atomic E-state index is -0.268. The second kappa shape index (κ2) is 3.60. The van der Waals surface area contributed by atoms with Gasteiger partial charge in [0.05, 0.1) is 16.6 Å². The molecule has 0 bridgehead atoms. The molecular weight excluding hydrogens is 234 g/mol. The molecule has 1 aromatic carbocycles. The van der Waals surface area contributed by atoms with E-state index in [-0.39, 0.29) is 5.54 Å². The molecule has 100 valence electrons. The lowest BCUT2D eigenvalue weighted by molar-refractivity contribution is 0.383. The predicted molar refractivity (Wildman–Crippen MR) is 77.0 cm³/mol. The molecular formula is C16H21N3. The average Bonchev–Trinajstić information content (AvgIpc) is 3.23. The van der Waals surface area contributed by atoms with Crippen LogP contribution < -0.4 is 5.73 Å². The molecule has 2 fully saturated rings. The van der Waals surface area contributed by atoms with Gasteiger partial charge >= 0.3 is 0 Å². The first-order valence-electron chi connectivity index (χ1n) is 7.35. The smallest absolute Gasteiger partial charge is 0.130 e. The number of imidazole rings is 1. The molecule has 0 radical (unpaired) electrons. The van der Waals surface area contributed by atoms with E-state index in [2.05, 4.69) is 36.6 Å². The first kappa shape index (κ1) is 11.5. The van der Waals surface area contributed by atoms with Crippen molar-refractivity contribution < 1.29 is 0 Å². The molecule has 2 aromatic rings. The Morgan fingerprint density at radius 2 is 2.00 bits per heavy atom. The quantitative estimate of drug-likeness (QED) is 0.914. The number of rotatable bonds is 3. The van der Waals surface area contributed by atoms with Gasteiger partial charge in [-0.2, -0.15) is 0 Å². The van der Waals surface area contributed by atoms with Gasteiger partial charge in [0.1, 0.15) is 5.82 Å². The van der Waals surface area contributed by atoms with E-state index in [9.17, 15) is 0 Å². The second-order valence-electron chi connectivity index (χ2n) is 6.59. The highest BCUT2D eigenvalue weighted by Crippen LogP contribution is 2.47. The van der Waals surface area contributed by atoms with Gasteiger partial charge in [-0.05, 0) is 63.1 Å². The molecule has 1 atom stereocenters. The monoisotopic (exact) mass is 255 g/mol. The summed E-state index contributed by atoms with van der Waals surface area (Å²) in [6.45, 7) is 4.29. The largest absolute Gasteiger partial charge is 0.323 e. The first-order valence-corrected chi connectivity index (χ1v) is 7.35. The van der Waals surface area contributed by atoms with E-state index in [0.717, 1.165) is 11.3 Å². The summed E-state index contributed by atoms with van der Waals surface area (Å²) in [5.41, 5.74) is 10.0. The van der Waals surface area contributed by atoms with E-state index < -0.39 is 0 Å². The number of aryl methyl sites for hydroxylation is 1. The molecule has 4 rings (SSSR count).